The molecule has 0 saturated heterocycles. The van der Waals surface area contributed by atoms with Crippen LogP contribution in [0.25, 0.3) is 0 Å². The van der Waals surface area contributed by atoms with Crippen molar-refractivity contribution >= 4 is 38.9 Å². The van der Waals surface area contributed by atoms with Crippen molar-refractivity contribution in [2.45, 2.75) is 44.6 Å². The Balaban J connectivity index is 1.58. The van der Waals surface area contributed by atoms with Gasteiger partial charge in [0.15, 0.2) is 0 Å². The number of halogens is 1. The maximum absolute atomic E-state index is 13.8. The summed E-state index contributed by atoms with van der Waals surface area (Å²) in [6.07, 6.45) is 1.55. The van der Waals surface area contributed by atoms with E-state index < -0.39 is 10.0 Å². The number of sulfonamides is 1. The third-order valence-electron chi connectivity index (χ3n) is 6.82. The fraction of sp³-hybridized carbons (Fsp3) is 0.393. The Kier molecular flexibility index (Phi) is 8.95. The van der Waals surface area contributed by atoms with Gasteiger partial charge in [0.25, 0.3) is 0 Å². The van der Waals surface area contributed by atoms with E-state index in [1.165, 1.54) is 21.3 Å². The van der Waals surface area contributed by atoms with Gasteiger partial charge < -0.3 is 9.64 Å². The fourth-order valence-electron chi connectivity index (χ4n) is 4.41. The molecule has 0 bridgehead atoms. The zero-order chi connectivity index (χ0) is 26.6. The predicted molar refractivity (Wildman–Crippen MR) is 149 cm³/mol. The number of hydrogen-bond acceptors (Lipinski definition) is 5. The summed E-state index contributed by atoms with van der Waals surface area (Å²) in [5.41, 5.74) is 2.22. The van der Waals surface area contributed by atoms with Gasteiger partial charge in [0.1, 0.15) is 12.4 Å². The van der Waals surface area contributed by atoms with Gasteiger partial charge in [-0.3, -0.25) is 4.79 Å². The van der Waals surface area contributed by atoms with Gasteiger partial charge in [-0.15, -0.1) is 11.3 Å². The molecule has 3 aromatic rings. The van der Waals surface area contributed by atoms with Crippen molar-refractivity contribution in [3.05, 3.63) is 81.0 Å². The van der Waals surface area contributed by atoms with Crippen LogP contribution in [0.5, 0.6) is 5.75 Å². The molecule has 4 rings (SSSR count). The Morgan fingerprint density at radius 1 is 1.16 bits per heavy atom. The van der Waals surface area contributed by atoms with E-state index in [0.29, 0.717) is 18.2 Å². The Morgan fingerprint density at radius 3 is 2.54 bits per heavy atom. The minimum absolute atomic E-state index is 0.0976. The van der Waals surface area contributed by atoms with E-state index in [1.54, 1.807) is 28.4 Å². The highest BCUT2D eigenvalue weighted by Crippen LogP contribution is 2.34. The van der Waals surface area contributed by atoms with Crippen LogP contribution in [0.4, 0.5) is 0 Å². The van der Waals surface area contributed by atoms with E-state index in [1.807, 2.05) is 56.5 Å². The van der Waals surface area contributed by atoms with E-state index in [4.69, 9.17) is 16.3 Å². The van der Waals surface area contributed by atoms with Crippen LogP contribution in [0, 0.1) is 12.8 Å². The Hall–Kier alpha value is -2.39. The smallest absolute Gasteiger partial charge is 0.243 e. The van der Waals surface area contributed by atoms with Gasteiger partial charge in [0.05, 0.1) is 17.5 Å². The molecule has 2 atom stereocenters. The number of carbonyl (C=O) groups is 1. The third kappa shape index (κ3) is 6.55. The van der Waals surface area contributed by atoms with Crippen molar-refractivity contribution in [1.82, 2.24) is 9.21 Å². The molecule has 2 heterocycles. The highest BCUT2D eigenvalue weighted by molar-refractivity contribution is 7.89. The van der Waals surface area contributed by atoms with Gasteiger partial charge in [-0.2, -0.15) is 4.31 Å². The molecule has 0 radical (unpaired) electrons. The molecule has 0 aliphatic carbocycles. The molecule has 6 nitrogen and oxygen atoms in total. The summed E-state index contributed by atoms with van der Waals surface area (Å²) in [6, 6.07) is 15.7. The van der Waals surface area contributed by atoms with Gasteiger partial charge in [0.2, 0.25) is 15.9 Å². The topological polar surface area (TPSA) is 66.9 Å². The lowest BCUT2D eigenvalue weighted by atomic mass is 10.0. The quantitative estimate of drug-likeness (QED) is 0.307. The first-order valence-corrected chi connectivity index (χ1v) is 15.2. The monoisotopic (exact) mass is 560 g/mol. The summed E-state index contributed by atoms with van der Waals surface area (Å²) in [5.74, 6) is 0.611. The van der Waals surface area contributed by atoms with Crippen molar-refractivity contribution in [2.24, 2.45) is 5.92 Å². The highest BCUT2D eigenvalue weighted by atomic mass is 35.5. The molecular formula is C28H33ClN2O4S2. The Bertz CT molecular complexity index is 1310. The van der Waals surface area contributed by atoms with Crippen LogP contribution < -0.4 is 4.74 Å². The van der Waals surface area contributed by atoms with Gasteiger partial charge >= 0.3 is 0 Å². The molecule has 0 unspecified atom stereocenters. The first kappa shape index (κ1) is 27.6. The van der Waals surface area contributed by atoms with Crippen LogP contribution in [0.1, 0.15) is 42.3 Å². The molecule has 0 spiro atoms. The molecule has 9 heteroatoms. The third-order valence-corrected chi connectivity index (χ3v) is 9.89. The first-order valence-electron chi connectivity index (χ1n) is 12.5. The summed E-state index contributed by atoms with van der Waals surface area (Å²) in [4.78, 5) is 16.9. The number of rotatable bonds is 10. The maximum Gasteiger partial charge on any atom is 0.243 e. The van der Waals surface area contributed by atoms with Crippen molar-refractivity contribution in [3.8, 4) is 5.75 Å². The summed E-state index contributed by atoms with van der Waals surface area (Å²) < 4.78 is 34.6. The van der Waals surface area contributed by atoms with Crippen molar-refractivity contribution < 1.29 is 17.9 Å². The molecular weight excluding hydrogens is 528 g/mol. The Morgan fingerprint density at radius 2 is 1.86 bits per heavy atom. The second-order valence-electron chi connectivity index (χ2n) is 9.54. The van der Waals surface area contributed by atoms with Crippen LogP contribution in [-0.4, -0.2) is 49.8 Å². The normalized spacial score (nSPS) is 16.5. The number of fused-ring (bicyclic) bond motifs is 1. The molecule has 0 fully saturated rings. The number of carbonyl (C=O) groups excluding carboxylic acids is 1. The highest BCUT2D eigenvalue weighted by Gasteiger charge is 2.35. The summed E-state index contributed by atoms with van der Waals surface area (Å²) in [7, 11) is -3.89. The molecule has 0 N–H and O–H groups in total. The van der Waals surface area contributed by atoms with Gasteiger partial charge in [-0.25, -0.2) is 8.42 Å². The lowest BCUT2D eigenvalue weighted by molar-refractivity contribution is -0.135. The maximum atomic E-state index is 13.8. The number of benzene rings is 2. The fourth-order valence-corrected chi connectivity index (χ4v) is 6.97. The van der Waals surface area contributed by atoms with E-state index in [-0.39, 0.29) is 35.9 Å². The number of thiophene rings is 1. The average molecular weight is 561 g/mol. The van der Waals surface area contributed by atoms with Crippen LogP contribution in [-0.2, 0) is 21.2 Å². The number of ether oxygens (including phenoxy) is 1. The zero-order valence-electron chi connectivity index (χ0n) is 21.4. The summed E-state index contributed by atoms with van der Waals surface area (Å²) in [5, 5.41) is 2.50. The van der Waals surface area contributed by atoms with Gasteiger partial charge in [-0.1, -0.05) is 49.6 Å². The number of nitrogens with zero attached hydrogens (tertiary/aromatic N) is 2. The van der Waals surface area contributed by atoms with E-state index >= 15 is 0 Å². The van der Waals surface area contributed by atoms with E-state index in [2.05, 4.69) is 0 Å². The van der Waals surface area contributed by atoms with Crippen molar-refractivity contribution in [2.75, 3.05) is 26.2 Å². The largest absolute Gasteiger partial charge is 0.491 e. The molecule has 1 aliphatic heterocycles. The second-order valence-corrected chi connectivity index (χ2v) is 12.9. The molecule has 1 aliphatic rings. The second kappa shape index (κ2) is 12.0. The number of aryl methyl sites for hydroxylation is 1. The first-order chi connectivity index (χ1) is 17.7. The lowest BCUT2D eigenvalue weighted by Crippen LogP contribution is -2.48. The van der Waals surface area contributed by atoms with E-state index in [0.717, 1.165) is 29.7 Å². The van der Waals surface area contributed by atoms with Gasteiger partial charge in [-0.05, 0) is 72.7 Å². The minimum atomic E-state index is -3.89. The van der Waals surface area contributed by atoms with Crippen molar-refractivity contribution in [1.29, 1.82) is 0 Å². The van der Waals surface area contributed by atoms with Crippen LogP contribution in [0.2, 0.25) is 5.02 Å². The summed E-state index contributed by atoms with van der Waals surface area (Å²) in [6.45, 7) is 6.88. The molecule has 1 aromatic heterocycles. The zero-order valence-corrected chi connectivity index (χ0v) is 23.8. The van der Waals surface area contributed by atoms with Crippen LogP contribution >= 0.6 is 22.9 Å². The molecule has 1 amide bonds. The summed E-state index contributed by atoms with van der Waals surface area (Å²) >= 11 is 7.67. The molecule has 2 aromatic carbocycles. The SMILES string of the molecule is CC[C@@H](C)CN(CC(=O)N1CCc2sccc2[C@H]1COc1ccc(C)cc1)S(=O)(=O)c1ccc(Cl)cc1. The lowest BCUT2D eigenvalue weighted by Gasteiger charge is -2.37. The van der Waals surface area contributed by atoms with Crippen LogP contribution in [0.3, 0.4) is 0 Å². The predicted octanol–water partition coefficient (Wildman–Crippen LogP) is 5.95. The number of hydrogen-bond donors (Lipinski definition) is 0. The van der Waals surface area contributed by atoms with Crippen molar-refractivity contribution in [3.63, 3.8) is 0 Å². The van der Waals surface area contributed by atoms with Crippen LogP contribution in [0.15, 0.2) is 64.9 Å². The average Bonchev–Trinajstić information content (AvgIpc) is 3.37. The van der Waals surface area contributed by atoms with Gasteiger partial charge in [0, 0.05) is 23.0 Å². The minimum Gasteiger partial charge on any atom is -0.491 e. The molecule has 0 saturated carbocycles. The molecule has 198 valence electrons. The number of amides is 1. The molecule has 37 heavy (non-hydrogen) atoms. The van der Waals surface area contributed by atoms with E-state index in [9.17, 15) is 13.2 Å². The Labute approximate surface area is 228 Å². The standard InChI is InChI=1S/C28H33ClN2O4S2/c1-4-20(2)17-30(37(33,34)24-11-7-22(29)8-12-24)18-28(32)31-15-13-27-25(14-16-36-27)26(31)19-35-23-9-5-21(3)6-10-23/h5-12,14,16,20,26H,4,13,15,17-19H2,1-3H3/t20-,26-/m1/s1.